The highest BCUT2D eigenvalue weighted by Crippen LogP contribution is 2.68. The van der Waals surface area contributed by atoms with E-state index in [9.17, 15) is 18.7 Å². The summed E-state index contributed by atoms with van der Waals surface area (Å²) in [7, 11) is 1.81. The zero-order valence-corrected chi connectivity index (χ0v) is 22.2. The predicted octanol–water partition coefficient (Wildman–Crippen LogP) is 5.32. The molecule has 2 aromatic rings. The summed E-state index contributed by atoms with van der Waals surface area (Å²) in [5.41, 5.74) is -0.294. The third-order valence-corrected chi connectivity index (χ3v) is 11.3. The Bertz CT molecular complexity index is 1210. The number of aliphatic hydroxyl groups is 1. The molecule has 0 bridgehead atoms. The molecule has 4 aliphatic rings. The summed E-state index contributed by atoms with van der Waals surface area (Å²) in [5, 5.41) is 18.6. The molecule has 8 heteroatoms. The molecule has 202 valence electrons. The molecule has 0 spiro atoms. The lowest BCUT2D eigenvalue weighted by molar-refractivity contribution is -0.175. The van der Waals surface area contributed by atoms with E-state index in [0.717, 1.165) is 70.5 Å². The van der Waals surface area contributed by atoms with Crippen LogP contribution in [0.3, 0.4) is 0 Å². The Hall–Kier alpha value is -1.93. The highest BCUT2D eigenvalue weighted by atomic mass is 19.2. The van der Waals surface area contributed by atoms with E-state index in [-0.39, 0.29) is 34.6 Å². The van der Waals surface area contributed by atoms with Crippen molar-refractivity contribution in [2.24, 2.45) is 40.4 Å². The standard InChI is InChI=1S/C29H39F2N3O3/c1-27(36)12-13-29(16-37-3)17(14-27)4-5-18-19-6-7-21(28(19,2)11-10-20(18)29)24(35)15-34-23-9-8-22(30)25(31)26(23)32-33-34/h8-9,17-21,36H,4-7,10-16H2,1-3H3/t17-,18+,19-,20+,21-,27-,28+,29-/m1/s1. The number of ketones is 1. The van der Waals surface area contributed by atoms with Crippen LogP contribution in [0, 0.1) is 52.1 Å². The number of halogens is 2. The van der Waals surface area contributed by atoms with Crippen LogP contribution >= 0.6 is 0 Å². The molecule has 1 heterocycles. The highest BCUT2D eigenvalue weighted by Gasteiger charge is 2.63. The summed E-state index contributed by atoms with van der Waals surface area (Å²) in [5.74, 6) is 0.216. The highest BCUT2D eigenvalue weighted by molar-refractivity contribution is 5.84. The predicted molar refractivity (Wildman–Crippen MR) is 134 cm³/mol. The van der Waals surface area contributed by atoms with Gasteiger partial charge in [0.2, 0.25) is 0 Å². The second-order valence-electron chi connectivity index (χ2n) is 13.1. The average Bonchev–Trinajstić information content (AvgIpc) is 3.42. The van der Waals surface area contributed by atoms with Crippen LogP contribution in [0.5, 0.6) is 0 Å². The van der Waals surface area contributed by atoms with Gasteiger partial charge in [0.1, 0.15) is 6.54 Å². The summed E-state index contributed by atoms with van der Waals surface area (Å²) >= 11 is 0. The first-order chi connectivity index (χ1) is 17.6. The molecule has 1 aromatic carbocycles. The SMILES string of the molecule is COC[C@]12CC[C@@](C)(O)C[C@H]1CC[C@H]1[C@H]3CC[C@H](C(=O)Cn4nnc5c(F)c(F)ccc54)[C@@]3(C)CC[C@@H]12. The summed E-state index contributed by atoms with van der Waals surface area (Å²) in [6.45, 7) is 5.10. The summed E-state index contributed by atoms with van der Waals surface area (Å²) in [4.78, 5) is 13.7. The van der Waals surface area contributed by atoms with Crippen molar-refractivity contribution in [1.29, 1.82) is 0 Å². The van der Waals surface area contributed by atoms with Gasteiger partial charge in [-0.3, -0.25) is 4.79 Å². The number of Topliss-reactive ketones (excluding diaryl/α,β-unsaturated/α-hetero) is 1. The van der Waals surface area contributed by atoms with E-state index in [1.165, 1.54) is 10.7 Å². The molecular formula is C29H39F2N3O3. The normalized spacial score (nSPS) is 41.3. The fourth-order valence-electron chi connectivity index (χ4n) is 9.67. The zero-order valence-electron chi connectivity index (χ0n) is 22.2. The number of rotatable bonds is 5. The van der Waals surface area contributed by atoms with Crippen LogP contribution in [-0.2, 0) is 16.1 Å². The lowest BCUT2D eigenvalue weighted by Gasteiger charge is -2.62. The molecule has 1 N–H and O–H groups in total. The van der Waals surface area contributed by atoms with E-state index in [4.69, 9.17) is 4.74 Å². The van der Waals surface area contributed by atoms with Crippen LogP contribution in [-0.4, -0.2) is 45.2 Å². The number of methoxy groups -OCH3 is 1. The van der Waals surface area contributed by atoms with Crippen molar-refractivity contribution in [3.8, 4) is 0 Å². The maximum absolute atomic E-state index is 14.1. The molecule has 8 atom stereocenters. The second-order valence-corrected chi connectivity index (χ2v) is 13.1. The third-order valence-electron chi connectivity index (χ3n) is 11.3. The number of carbonyl (C=O) groups excluding carboxylic acids is 1. The number of benzene rings is 1. The van der Waals surface area contributed by atoms with Gasteiger partial charge in [-0.25, -0.2) is 13.5 Å². The molecule has 37 heavy (non-hydrogen) atoms. The minimum atomic E-state index is -1.02. The molecule has 4 saturated carbocycles. The monoisotopic (exact) mass is 515 g/mol. The van der Waals surface area contributed by atoms with E-state index >= 15 is 0 Å². The van der Waals surface area contributed by atoms with E-state index in [1.54, 1.807) is 0 Å². The van der Waals surface area contributed by atoms with Gasteiger partial charge in [0.15, 0.2) is 22.9 Å². The second kappa shape index (κ2) is 8.80. The van der Waals surface area contributed by atoms with Gasteiger partial charge in [-0.15, -0.1) is 5.10 Å². The molecule has 0 aliphatic heterocycles. The van der Waals surface area contributed by atoms with Gasteiger partial charge in [0, 0.05) is 13.0 Å². The van der Waals surface area contributed by atoms with Crippen LogP contribution in [0.15, 0.2) is 12.1 Å². The molecular weight excluding hydrogens is 476 g/mol. The number of carbonyl (C=O) groups is 1. The summed E-state index contributed by atoms with van der Waals surface area (Å²) < 4.78 is 35.0. The van der Waals surface area contributed by atoms with Gasteiger partial charge in [-0.2, -0.15) is 0 Å². The van der Waals surface area contributed by atoms with E-state index in [0.29, 0.717) is 29.2 Å². The topological polar surface area (TPSA) is 77.2 Å². The number of hydrogen-bond acceptors (Lipinski definition) is 5. The largest absolute Gasteiger partial charge is 0.390 e. The summed E-state index contributed by atoms with van der Waals surface area (Å²) in [6.07, 6.45) is 9.03. The van der Waals surface area contributed by atoms with Crippen LogP contribution < -0.4 is 0 Å². The molecule has 6 rings (SSSR count). The van der Waals surface area contributed by atoms with Gasteiger partial charge in [-0.05, 0) is 111 Å². The van der Waals surface area contributed by atoms with Crippen molar-refractivity contribution in [2.45, 2.75) is 83.8 Å². The van der Waals surface area contributed by atoms with Gasteiger partial charge in [0.25, 0.3) is 0 Å². The minimum Gasteiger partial charge on any atom is -0.390 e. The molecule has 0 amide bonds. The molecule has 1 aromatic heterocycles. The van der Waals surface area contributed by atoms with Crippen molar-refractivity contribution in [2.75, 3.05) is 13.7 Å². The first-order valence-electron chi connectivity index (χ1n) is 14.0. The van der Waals surface area contributed by atoms with Crippen molar-refractivity contribution >= 4 is 16.8 Å². The molecule has 0 saturated heterocycles. The maximum atomic E-state index is 14.1. The van der Waals surface area contributed by atoms with Gasteiger partial charge in [0.05, 0.1) is 17.7 Å². The smallest absolute Gasteiger partial charge is 0.188 e. The van der Waals surface area contributed by atoms with Crippen LogP contribution in [0.1, 0.15) is 71.6 Å². The molecule has 4 fully saturated rings. The van der Waals surface area contributed by atoms with Crippen molar-refractivity contribution in [1.82, 2.24) is 15.0 Å². The maximum Gasteiger partial charge on any atom is 0.188 e. The number of fused-ring (bicyclic) bond motifs is 6. The van der Waals surface area contributed by atoms with Gasteiger partial charge < -0.3 is 9.84 Å². The molecule has 6 nitrogen and oxygen atoms in total. The fourth-order valence-corrected chi connectivity index (χ4v) is 9.67. The average molecular weight is 516 g/mol. The van der Waals surface area contributed by atoms with Crippen LogP contribution in [0.25, 0.3) is 11.0 Å². The Kier molecular flexibility index (Phi) is 6.03. The Morgan fingerprint density at radius 1 is 1.11 bits per heavy atom. The van der Waals surface area contributed by atoms with Crippen molar-refractivity contribution in [3.63, 3.8) is 0 Å². The Balaban J connectivity index is 1.24. The van der Waals surface area contributed by atoms with E-state index < -0.39 is 17.2 Å². The molecule has 0 radical (unpaired) electrons. The fraction of sp³-hybridized carbons (Fsp3) is 0.759. The minimum absolute atomic E-state index is 0.0351. The zero-order chi connectivity index (χ0) is 26.2. The lowest BCUT2D eigenvalue weighted by atomic mass is 9.43. The third kappa shape index (κ3) is 3.80. The molecule has 4 aliphatic carbocycles. The number of ether oxygens (including phenoxy) is 1. The Morgan fingerprint density at radius 2 is 1.92 bits per heavy atom. The number of nitrogens with zero attached hydrogens (tertiary/aromatic N) is 3. The summed E-state index contributed by atoms with van der Waals surface area (Å²) in [6, 6.07) is 2.51. The van der Waals surface area contributed by atoms with Crippen molar-refractivity contribution < 1.29 is 23.4 Å². The first-order valence-corrected chi connectivity index (χ1v) is 14.0. The van der Waals surface area contributed by atoms with Gasteiger partial charge in [-0.1, -0.05) is 12.1 Å². The van der Waals surface area contributed by atoms with Crippen LogP contribution in [0.2, 0.25) is 0 Å². The number of hydrogen-bond donors (Lipinski definition) is 1. The Morgan fingerprint density at radius 3 is 2.70 bits per heavy atom. The van der Waals surface area contributed by atoms with E-state index in [1.807, 2.05) is 14.0 Å². The Labute approximate surface area is 217 Å². The first kappa shape index (κ1) is 25.4. The lowest BCUT2D eigenvalue weighted by Crippen LogP contribution is -2.58. The van der Waals surface area contributed by atoms with Gasteiger partial charge >= 0.3 is 0 Å². The van der Waals surface area contributed by atoms with Crippen LogP contribution in [0.4, 0.5) is 8.78 Å². The van der Waals surface area contributed by atoms with E-state index in [2.05, 4.69) is 17.2 Å². The molecule has 0 unspecified atom stereocenters. The quantitative estimate of drug-likeness (QED) is 0.584. The van der Waals surface area contributed by atoms with Crippen molar-refractivity contribution in [3.05, 3.63) is 23.8 Å². The number of aromatic nitrogens is 3.